The number of aryl methyl sites for hydroxylation is 1. The molecule has 0 saturated heterocycles. The first-order chi connectivity index (χ1) is 9.41. The van der Waals surface area contributed by atoms with Gasteiger partial charge in [-0.05, 0) is 37.7 Å². The smallest absolute Gasteiger partial charge is 0.303 e. The number of furan rings is 1. The van der Waals surface area contributed by atoms with Gasteiger partial charge in [0.15, 0.2) is 5.76 Å². The molecular formula is C15H23NO4. The van der Waals surface area contributed by atoms with Gasteiger partial charge in [0.1, 0.15) is 0 Å². The van der Waals surface area contributed by atoms with E-state index in [-0.39, 0.29) is 12.3 Å². The van der Waals surface area contributed by atoms with Crippen LogP contribution in [0.3, 0.4) is 0 Å². The van der Waals surface area contributed by atoms with Gasteiger partial charge in [-0.2, -0.15) is 0 Å². The van der Waals surface area contributed by atoms with Crippen LogP contribution in [0.5, 0.6) is 0 Å². The van der Waals surface area contributed by atoms with Crippen molar-refractivity contribution in [2.24, 2.45) is 11.8 Å². The molecule has 0 radical (unpaired) electrons. The van der Waals surface area contributed by atoms with Gasteiger partial charge in [0.25, 0.3) is 5.91 Å². The molecule has 1 amide bonds. The van der Waals surface area contributed by atoms with E-state index in [0.717, 1.165) is 12.0 Å². The van der Waals surface area contributed by atoms with E-state index in [2.05, 4.69) is 19.2 Å². The number of hydrogen-bond acceptors (Lipinski definition) is 3. The molecule has 5 heteroatoms. The second kappa shape index (κ2) is 7.72. The zero-order valence-corrected chi connectivity index (χ0v) is 12.3. The number of amides is 1. The van der Waals surface area contributed by atoms with Crippen LogP contribution in [0.1, 0.15) is 49.2 Å². The Labute approximate surface area is 119 Å². The lowest BCUT2D eigenvalue weighted by atomic mass is 9.88. The zero-order valence-electron chi connectivity index (χ0n) is 12.3. The maximum Gasteiger partial charge on any atom is 0.303 e. The second-order valence-corrected chi connectivity index (χ2v) is 5.41. The Hall–Kier alpha value is -1.78. The number of aliphatic carboxylic acids is 1. The van der Waals surface area contributed by atoms with Gasteiger partial charge in [-0.1, -0.05) is 13.8 Å². The highest BCUT2D eigenvalue weighted by Gasteiger charge is 2.16. The highest BCUT2D eigenvalue weighted by molar-refractivity contribution is 5.92. The van der Waals surface area contributed by atoms with E-state index in [1.54, 1.807) is 6.07 Å². The van der Waals surface area contributed by atoms with Gasteiger partial charge >= 0.3 is 5.97 Å². The molecule has 0 aliphatic heterocycles. The first kappa shape index (κ1) is 16.3. The summed E-state index contributed by atoms with van der Waals surface area (Å²) >= 11 is 0. The van der Waals surface area contributed by atoms with Crippen molar-refractivity contribution < 1.29 is 19.1 Å². The zero-order chi connectivity index (χ0) is 15.1. The highest BCUT2D eigenvalue weighted by Crippen LogP contribution is 2.20. The number of nitrogens with one attached hydrogen (secondary N) is 1. The number of hydrogen-bond donors (Lipinski definition) is 2. The molecule has 1 atom stereocenters. The van der Waals surface area contributed by atoms with E-state index in [4.69, 9.17) is 9.52 Å². The van der Waals surface area contributed by atoms with Crippen molar-refractivity contribution in [1.29, 1.82) is 0 Å². The van der Waals surface area contributed by atoms with Gasteiger partial charge < -0.3 is 14.8 Å². The fourth-order valence-corrected chi connectivity index (χ4v) is 2.18. The predicted octanol–water partition coefficient (Wildman–Crippen LogP) is 2.84. The van der Waals surface area contributed by atoms with E-state index in [9.17, 15) is 9.59 Å². The SMILES string of the molecule is Cc1ccoc1C(=O)NCCC(CCC(=O)O)C(C)C. The Balaban J connectivity index is 2.38. The Bertz CT molecular complexity index is 450. The van der Waals surface area contributed by atoms with Crippen LogP contribution in [0.2, 0.25) is 0 Å². The van der Waals surface area contributed by atoms with Gasteiger partial charge in [0.05, 0.1) is 6.26 Å². The molecule has 2 N–H and O–H groups in total. The van der Waals surface area contributed by atoms with Crippen LogP contribution in [0.15, 0.2) is 16.7 Å². The summed E-state index contributed by atoms with van der Waals surface area (Å²) in [6.45, 7) is 6.50. The first-order valence-electron chi connectivity index (χ1n) is 6.96. The minimum atomic E-state index is -0.772. The van der Waals surface area contributed by atoms with Crippen LogP contribution in [0.25, 0.3) is 0 Å². The normalized spacial score (nSPS) is 12.4. The van der Waals surface area contributed by atoms with Gasteiger partial charge in [-0.25, -0.2) is 0 Å². The summed E-state index contributed by atoms with van der Waals surface area (Å²) < 4.78 is 5.12. The molecule has 1 unspecified atom stereocenters. The van der Waals surface area contributed by atoms with E-state index in [0.29, 0.717) is 30.6 Å². The average Bonchev–Trinajstić information content (AvgIpc) is 2.78. The third kappa shape index (κ3) is 5.07. The minimum Gasteiger partial charge on any atom is -0.481 e. The van der Waals surface area contributed by atoms with Crippen molar-refractivity contribution >= 4 is 11.9 Å². The molecule has 20 heavy (non-hydrogen) atoms. The largest absolute Gasteiger partial charge is 0.481 e. The van der Waals surface area contributed by atoms with Gasteiger partial charge in [0, 0.05) is 18.5 Å². The number of carboxylic acids is 1. The Kier molecular flexibility index (Phi) is 6.28. The van der Waals surface area contributed by atoms with E-state index in [1.807, 2.05) is 6.92 Å². The highest BCUT2D eigenvalue weighted by atomic mass is 16.4. The van der Waals surface area contributed by atoms with Crippen LogP contribution in [0, 0.1) is 18.8 Å². The number of carbonyl (C=O) groups excluding carboxylic acids is 1. The van der Waals surface area contributed by atoms with Crippen molar-refractivity contribution in [2.75, 3.05) is 6.54 Å². The van der Waals surface area contributed by atoms with Crippen LogP contribution in [0.4, 0.5) is 0 Å². The fraction of sp³-hybridized carbons (Fsp3) is 0.600. The molecule has 1 heterocycles. The molecule has 112 valence electrons. The van der Waals surface area contributed by atoms with Crippen molar-refractivity contribution in [3.05, 3.63) is 23.7 Å². The Morgan fingerprint density at radius 3 is 2.55 bits per heavy atom. The number of carbonyl (C=O) groups is 2. The van der Waals surface area contributed by atoms with E-state index >= 15 is 0 Å². The molecule has 0 bridgehead atoms. The summed E-state index contributed by atoms with van der Waals surface area (Å²) in [4.78, 5) is 22.5. The lowest BCUT2D eigenvalue weighted by Crippen LogP contribution is -2.27. The van der Waals surface area contributed by atoms with E-state index < -0.39 is 5.97 Å². The maximum absolute atomic E-state index is 11.8. The lowest BCUT2D eigenvalue weighted by molar-refractivity contribution is -0.137. The molecule has 0 saturated carbocycles. The van der Waals surface area contributed by atoms with Crippen LogP contribution >= 0.6 is 0 Å². The molecule has 0 aliphatic rings. The monoisotopic (exact) mass is 281 g/mol. The molecule has 0 fully saturated rings. The van der Waals surface area contributed by atoms with Crippen molar-refractivity contribution in [3.63, 3.8) is 0 Å². The summed E-state index contributed by atoms with van der Waals surface area (Å²) in [6, 6.07) is 1.75. The Morgan fingerprint density at radius 2 is 2.05 bits per heavy atom. The van der Waals surface area contributed by atoms with Crippen LogP contribution in [-0.2, 0) is 4.79 Å². The quantitative estimate of drug-likeness (QED) is 0.768. The minimum absolute atomic E-state index is 0.175. The van der Waals surface area contributed by atoms with Gasteiger partial charge in [0.2, 0.25) is 0 Å². The number of rotatable bonds is 8. The molecule has 1 rings (SSSR count). The molecular weight excluding hydrogens is 258 g/mol. The number of carboxylic acid groups (broad SMARTS) is 1. The molecule has 1 aromatic heterocycles. The van der Waals surface area contributed by atoms with E-state index in [1.165, 1.54) is 6.26 Å². The van der Waals surface area contributed by atoms with Crippen molar-refractivity contribution in [3.8, 4) is 0 Å². The summed E-state index contributed by atoms with van der Waals surface area (Å²) in [7, 11) is 0. The molecule has 0 spiro atoms. The van der Waals surface area contributed by atoms with Gasteiger partial charge in [-0.3, -0.25) is 9.59 Å². The molecule has 1 aromatic rings. The second-order valence-electron chi connectivity index (χ2n) is 5.41. The van der Waals surface area contributed by atoms with Crippen LogP contribution in [-0.4, -0.2) is 23.5 Å². The third-order valence-electron chi connectivity index (χ3n) is 3.54. The molecule has 0 aromatic carbocycles. The van der Waals surface area contributed by atoms with Crippen LogP contribution < -0.4 is 5.32 Å². The standard InChI is InChI=1S/C15H23NO4/c1-10(2)12(4-5-13(17)18)6-8-16-15(19)14-11(3)7-9-20-14/h7,9-10,12H,4-6,8H2,1-3H3,(H,16,19)(H,17,18). The van der Waals surface area contributed by atoms with Crippen molar-refractivity contribution in [1.82, 2.24) is 5.32 Å². The van der Waals surface area contributed by atoms with Gasteiger partial charge in [-0.15, -0.1) is 0 Å². The maximum atomic E-state index is 11.8. The fourth-order valence-electron chi connectivity index (χ4n) is 2.18. The summed E-state index contributed by atoms with van der Waals surface area (Å²) in [6.07, 6.45) is 3.08. The molecule has 0 aliphatic carbocycles. The summed E-state index contributed by atoms with van der Waals surface area (Å²) in [5.41, 5.74) is 0.814. The Morgan fingerprint density at radius 1 is 1.35 bits per heavy atom. The lowest BCUT2D eigenvalue weighted by Gasteiger charge is -2.20. The topological polar surface area (TPSA) is 79.5 Å². The van der Waals surface area contributed by atoms with Crippen molar-refractivity contribution in [2.45, 2.75) is 40.0 Å². The summed E-state index contributed by atoms with van der Waals surface area (Å²) in [5.74, 6) is 0.0523. The average molecular weight is 281 g/mol. The third-order valence-corrected chi connectivity index (χ3v) is 3.54. The summed E-state index contributed by atoms with van der Waals surface area (Å²) in [5, 5.41) is 11.5. The molecule has 5 nitrogen and oxygen atoms in total. The first-order valence-corrected chi connectivity index (χ1v) is 6.96. The predicted molar refractivity (Wildman–Crippen MR) is 75.6 cm³/mol.